The van der Waals surface area contributed by atoms with E-state index >= 15 is 0 Å². The summed E-state index contributed by atoms with van der Waals surface area (Å²) >= 11 is 0. The van der Waals surface area contributed by atoms with Gasteiger partial charge in [-0.2, -0.15) is 4.98 Å². The minimum Gasteiger partial charge on any atom is -0.493 e. The Kier molecular flexibility index (Phi) is 5.87. The first-order valence-corrected chi connectivity index (χ1v) is 10.4. The fourth-order valence-electron chi connectivity index (χ4n) is 4.06. The van der Waals surface area contributed by atoms with Crippen molar-refractivity contribution in [1.82, 2.24) is 15.0 Å². The minimum absolute atomic E-state index is 0.113. The minimum atomic E-state index is 0.113. The van der Waals surface area contributed by atoms with Crippen molar-refractivity contribution >= 4 is 11.9 Å². The van der Waals surface area contributed by atoms with E-state index in [-0.39, 0.29) is 5.92 Å². The number of piperidine rings is 1. The molecule has 2 saturated heterocycles. The van der Waals surface area contributed by atoms with E-state index in [1.807, 2.05) is 30.0 Å². The lowest BCUT2D eigenvalue weighted by molar-refractivity contribution is -0.135. The Morgan fingerprint density at radius 1 is 1.17 bits per heavy atom. The Hall–Kier alpha value is -2.77. The quantitative estimate of drug-likeness (QED) is 0.737. The van der Waals surface area contributed by atoms with Crippen LogP contribution in [0.25, 0.3) is 11.4 Å². The molecule has 2 fully saturated rings. The number of benzene rings is 1. The summed E-state index contributed by atoms with van der Waals surface area (Å²) in [6, 6.07) is 6.09. The summed E-state index contributed by atoms with van der Waals surface area (Å²) in [6.07, 6.45) is 3.91. The predicted molar refractivity (Wildman–Crippen MR) is 108 cm³/mol. The van der Waals surface area contributed by atoms with Gasteiger partial charge in [-0.05, 0) is 50.8 Å². The van der Waals surface area contributed by atoms with Crippen molar-refractivity contribution in [3.63, 3.8) is 0 Å². The molecule has 0 saturated carbocycles. The zero-order chi connectivity index (χ0) is 20.2. The maximum Gasteiger partial charge on any atom is 0.324 e. The van der Waals surface area contributed by atoms with E-state index < -0.39 is 0 Å². The topological polar surface area (TPSA) is 80.9 Å². The second-order valence-corrected chi connectivity index (χ2v) is 7.49. The van der Waals surface area contributed by atoms with Crippen LogP contribution in [0.1, 0.15) is 32.6 Å². The average molecular weight is 400 g/mol. The molecule has 0 atom stereocenters. The van der Waals surface area contributed by atoms with E-state index in [1.165, 1.54) is 0 Å². The number of ether oxygens (including phenoxy) is 2. The monoisotopic (exact) mass is 400 g/mol. The number of hydrogen-bond donors (Lipinski definition) is 0. The number of aromatic nitrogens is 2. The van der Waals surface area contributed by atoms with Gasteiger partial charge in [0.2, 0.25) is 11.7 Å². The van der Waals surface area contributed by atoms with Crippen molar-refractivity contribution in [1.29, 1.82) is 0 Å². The standard InChI is InChI=1S/C21H28N4O4/c1-3-28-17-7-6-16(14-18(17)27-2)19-22-21(29-23-19)25-12-8-15(9-13-25)20(26)24-10-4-5-11-24/h6-7,14-15H,3-5,8-13H2,1-2H3. The molecule has 2 aliphatic heterocycles. The first-order valence-electron chi connectivity index (χ1n) is 10.4. The maximum absolute atomic E-state index is 12.6. The van der Waals surface area contributed by atoms with Crippen molar-refractivity contribution in [2.45, 2.75) is 32.6 Å². The van der Waals surface area contributed by atoms with Crippen molar-refractivity contribution in [2.24, 2.45) is 5.92 Å². The number of nitrogens with zero attached hydrogens (tertiary/aromatic N) is 4. The molecule has 1 aromatic carbocycles. The molecular formula is C21H28N4O4. The normalized spacial score (nSPS) is 17.6. The number of carbonyl (C=O) groups excluding carboxylic acids is 1. The van der Waals surface area contributed by atoms with Crippen LogP contribution in [0.15, 0.2) is 22.7 Å². The number of likely N-dealkylation sites (tertiary alicyclic amines) is 1. The summed E-state index contributed by atoms with van der Waals surface area (Å²) in [5, 5.41) is 4.13. The summed E-state index contributed by atoms with van der Waals surface area (Å²) in [7, 11) is 1.61. The molecule has 1 amide bonds. The summed E-state index contributed by atoms with van der Waals surface area (Å²) in [4.78, 5) is 21.2. The summed E-state index contributed by atoms with van der Waals surface area (Å²) < 4.78 is 16.5. The Morgan fingerprint density at radius 3 is 2.62 bits per heavy atom. The van der Waals surface area contributed by atoms with Gasteiger partial charge in [0.15, 0.2) is 11.5 Å². The lowest BCUT2D eigenvalue weighted by atomic mass is 9.95. The number of methoxy groups -OCH3 is 1. The first kappa shape index (κ1) is 19.5. The smallest absolute Gasteiger partial charge is 0.324 e. The molecule has 0 spiro atoms. The van der Waals surface area contributed by atoms with Gasteiger partial charge in [-0.15, -0.1) is 0 Å². The first-order chi connectivity index (χ1) is 14.2. The third kappa shape index (κ3) is 4.16. The molecule has 156 valence electrons. The SMILES string of the molecule is CCOc1ccc(-c2noc(N3CCC(C(=O)N4CCCC4)CC3)n2)cc1OC. The maximum atomic E-state index is 12.6. The predicted octanol–water partition coefficient (Wildman–Crippen LogP) is 2.98. The Balaban J connectivity index is 1.40. The molecule has 0 unspecified atom stereocenters. The molecule has 0 N–H and O–H groups in total. The highest BCUT2D eigenvalue weighted by Gasteiger charge is 2.31. The Bertz CT molecular complexity index is 839. The van der Waals surface area contributed by atoms with E-state index in [0.29, 0.717) is 35.9 Å². The lowest BCUT2D eigenvalue weighted by Gasteiger charge is -2.31. The highest BCUT2D eigenvalue weighted by Crippen LogP contribution is 2.32. The van der Waals surface area contributed by atoms with Gasteiger partial charge >= 0.3 is 6.01 Å². The third-order valence-corrected chi connectivity index (χ3v) is 5.67. The molecule has 1 aromatic heterocycles. The molecule has 8 heteroatoms. The largest absolute Gasteiger partial charge is 0.493 e. The van der Waals surface area contributed by atoms with Crippen molar-refractivity contribution in [3.05, 3.63) is 18.2 Å². The third-order valence-electron chi connectivity index (χ3n) is 5.67. The summed E-state index contributed by atoms with van der Waals surface area (Å²) in [6.45, 7) is 5.82. The molecule has 29 heavy (non-hydrogen) atoms. The van der Waals surface area contributed by atoms with Gasteiger partial charge in [0.25, 0.3) is 0 Å². The van der Waals surface area contributed by atoms with Gasteiger partial charge < -0.3 is 23.8 Å². The lowest BCUT2D eigenvalue weighted by Crippen LogP contribution is -2.41. The Labute approximate surface area is 170 Å². The second-order valence-electron chi connectivity index (χ2n) is 7.49. The molecule has 2 aromatic rings. The number of hydrogen-bond acceptors (Lipinski definition) is 7. The molecule has 0 bridgehead atoms. The van der Waals surface area contributed by atoms with Crippen LogP contribution < -0.4 is 14.4 Å². The molecule has 3 heterocycles. The van der Waals surface area contributed by atoms with E-state index in [4.69, 9.17) is 14.0 Å². The van der Waals surface area contributed by atoms with Gasteiger partial charge in [0.05, 0.1) is 13.7 Å². The van der Waals surface area contributed by atoms with Crippen LogP contribution in [-0.2, 0) is 4.79 Å². The van der Waals surface area contributed by atoms with Crippen molar-refractivity contribution in [2.75, 3.05) is 44.8 Å². The van der Waals surface area contributed by atoms with Gasteiger partial charge in [-0.1, -0.05) is 5.16 Å². The van der Waals surface area contributed by atoms with Crippen LogP contribution >= 0.6 is 0 Å². The van der Waals surface area contributed by atoms with Crippen LogP contribution in [0.4, 0.5) is 6.01 Å². The van der Waals surface area contributed by atoms with Gasteiger partial charge in [-0.3, -0.25) is 4.79 Å². The van der Waals surface area contributed by atoms with Crippen molar-refractivity contribution < 1.29 is 18.8 Å². The number of anilines is 1. The average Bonchev–Trinajstić information content (AvgIpc) is 3.46. The molecular weight excluding hydrogens is 372 g/mol. The highest BCUT2D eigenvalue weighted by atomic mass is 16.5. The van der Waals surface area contributed by atoms with E-state index in [9.17, 15) is 4.79 Å². The van der Waals surface area contributed by atoms with Gasteiger partial charge in [-0.25, -0.2) is 0 Å². The molecule has 8 nitrogen and oxygen atoms in total. The fourth-order valence-corrected chi connectivity index (χ4v) is 4.06. The Morgan fingerprint density at radius 2 is 1.93 bits per heavy atom. The highest BCUT2D eigenvalue weighted by molar-refractivity contribution is 5.79. The van der Waals surface area contributed by atoms with Crippen LogP contribution in [-0.4, -0.2) is 60.8 Å². The van der Waals surface area contributed by atoms with E-state index in [2.05, 4.69) is 15.0 Å². The van der Waals surface area contributed by atoms with Crippen LogP contribution in [0.3, 0.4) is 0 Å². The van der Waals surface area contributed by atoms with Crippen LogP contribution in [0, 0.1) is 5.92 Å². The number of amides is 1. The fraction of sp³-hybridized carbons (Fsp3) is 0.571. The van der Waals surface area contributed by atoms with Gasteiger partial charge in [0.1, 0.15) is 0 Å². The molecule has 0 radical (unpaired) electrons. The zero-order valence-electron chi connectivity index (χ0n) is 17.1. The number of carbonyl (C=O) groups is 1. The molecule has 2 aliphatic rings. The summed E-state index contributed by atoms with van der Waals surface area (Å²) in [5.74, 6) is 2.26. The van der Waals surface area contributed by atoms with E-state index in [0.717, 1.165) is 57.4 Å². The second kappa shape index (κ2) is 8.71. The summed E-state index contributed by atoms with van der Waals surface area (Å²) in [5.41, 5.74) is 0.805. The van der Waals surface area contributed by atoms with Gasteiger partial charge in [0, 0.05) is 37.7 Å². The van der Waals surface area contributed by atoms with Crippen molar-refractivity contribution in [3.8, 4) is 22.9 Å². The molecule has 0 aliphatic carbocycles. The zero-order valence-corrected chi connectivity index (χ0v) is 17.1. The van der Waals surface area contributed by atoms with E-state index in [1.54, 1.807) is 7.11 Å². The molecule has 4 rings (SSSR count). The van der Waals surface area contributed by atoms with Crippen LogP contribution in [0.2, 0.25) is 0 Å². The van der Waals surface area contributed by atoms with Crippen LogP contribution in [0.5, 0.6) is 11.5 Å². The number of rotatable bonds is 6.